The summed E-state index contributed by atoms with van der Waals surface area (Å²) in [6.07, 6.45) is -3.16. The highest BCUT2D eigenvalue weighted by molar-refractivity contribution is 6.39. The zero-order chi connectivity index (χ0) is 37.7. The highest BCUT2D eigenvalue weighted by Crippen LogP contribution is 2.48. The largest absolute Gasteiger partial charge is 0.454 e. The third-order valence-corrected chi connectivity index (χ3v) is 8.17. The summed E-state index contributed by atoms with van der Waals surface area (Å²) in [6, 6.07) is 17.0. The van der Waals surface area contributed by atoms with Crippen LogP contribution in [0.2, 0.25) is 5.02 Å². The van der Waals surface area contributed by atoms with E-state index in [9.17, 15) is 31.9 Å². The number of aromatic nitrogens is 3. The van der Waals surface area contributed by atoms with Crippen LogP contribution in [0, 0.1) is 18.2 Å². The van der Waals surface area contributed by atoms with Crippen LogP contribution in [-0.2, 0) is 15.1 Å². The maximum absolute atomic E-state index is 14.0. The van der Waals surface area contributed by atoms with Gasteiger partial charge in [-0.05, 0) is 84.8 Å². The lowest BCUT2D eigenvalue weighted by Crippen LogP contribution is -2.45. The standard InChI is InChI=1S/C35H35ClF4N8O4/c1-20-4-13-26(25(37)16-20)44-29(51)28(50)42-18-33(2,3)17-41-27(49)21-5-11-24(12-6-21)43-30-45-31(47-32(46-30)52-19-35(38,39)40)48-34(14-15-34)22-7-9-23(36)10-8-22/h4-13,16H,14-15,17-19H2,1-3H3,(H,41,49)(H,42,50)(H,44,51)(H2,43,45,46,47,48). The summed E-state index contributed by atoms with van der Waals surface area (Å²) in [5, 5.41) is 14.2. The minimum Gasteiger partial charge on any atom is -0.454 e. The fourth-order valence-electron chi connectivity index (χ4n) is 4.89. The molecule has 0 bridgehead atoms. The quantitative estimate of drug-likeness (QED) is 0.0787. The summed E-state index contributed by atoms with van der Waals surface area (Å²) >= 11 is 6.02. The fraction of sp³-hybridized carbons (Fsp3) is 0.314. The maximum Gasteiger partial charge on any atom is 0.422 e. The Bertz CT molecular complexity index is 1940. The van der Waals surface area contributed by atoms with E-state index in [0.29, 0.717) is 16.3 Å². The molecule has 5 rings (SSSR count). The predicted molar refractivity (Wildman–Crippen MR) is 186 cm³/mol. The predicted octanol–water partition coefficient (Wildman–Crippen LogP) is 6.27. The molecule has 3 amide bonds. The van der Waals surface area contributed by atoms with Crippen LogP contribution in [0.15, 0.2) is 66.7 Å². The molecular formula is C35H35ClF4N8O4. The van der Waals surface area contributed by atoms with Gasteiger partial charge in [0.25, 0.3) is 5.91 Å². The van der Waals surface area contributed by atoms with Gasteiger partial charge >= 0.3 is 24.0 Å². The average molecular weight is 743 g/mol. The summed E-state index contributed by atoms with van der Waals surface area (Å²) in [5.41, 5.74) is 0.945. The lowest BCUT2D eigenvalue weighted by Gasteiger charge is -2.25. The first-order valence-corrected chi connectivity index (χ1v) is 16.4. The van der Waals surface area contributed by atoms with Crippen LogP contribution >= 0.6 is 11.6 Å². The Morgan fingerprint density at radius 2 is 1.52 bits per heavy atom. The number of carbonyl (C=O) groups excluding carboxylic acids is 3. The summed E-state index contributed by atoms with van der Waals surface area (Å²) in [7, 11) is 0. The SMILES string of the molecule is Cc1ccc(NC(=O)C(=O)NCC(C)(C)CNC(=O)c2ccc(Nc3nc(NC4(c5ccc(Cl)cc5)CC4)nc(OCC(F)(F)F)n3)cc2)c(F)c1. The van der Waals surface area contributed by atoms with Gasteiger partial charge in [0.15, 0.2) is 6.61 Å². The van der Waals surface area contributed by atoms with Crippen molar-refractivity contribution in [1.82, 2.24) is 25.6 Å². The zero-order valence-corrected chi connectivity index (χ0v) is 29.0. The smallest absolute Gasteiger partial charge is 0.422 e. The molecule has 1 fully saturated rings. The lowest BCUT2D eigenvalue weighted by molar-refractivity contribution is -0.154. The molecule has 0 atom stereocenters. The zero-order valence-electron chi connectivity index (χ0n) is 28.3. The molecule has 0 spiro atoms. The molecule has 0 saturated heterocycles. The van der Waals surface area contributed by atoms with Gasteiger partial charge in [0.05, 0.1) is 11.2 Å². The van der Waals surface area contributed by atoms with Crippen molar-refractivity contribution in [3.63, 3.8) is 0 Å². The Morgan fingerprint density at radius 3 is 2.15 bits per heavy atom. The van der Waals surface area contributed by atoms with E-state index in [2.05, 4.69) is 41.5 Å². The third kappa shape index (κ3) is 10.5. The van der Waals surface area contributed by atoms with Crippen LogP contribution in [0.4, 0.5) is 40.8 Å². The van der Waals surface area contributed by atoms with E-state index in [0.717, 1.165) is 18.4 Å². The van der Waals surface area contributed by atoms with Gasteiger partial charge in [0.2, 0.25) is 11.9 Å². The van der Waals surface area contributed by atoms with E-state index in [1.165, 1.54) is 24.3 Å². The summed E-state index contributed by atoms with van der Waals surface area (Å²) in [6.45, 7) is 3.77. The Kier molecular flexibility index (Phi) is 11.2. The van der Waals surface area contributed by atoms with Crippen molar-refractivity contribution in [3.8, 4) is 6.01 Å². The molecule has 0 unspecified atom stereocenters. The van der Waals surface area contributed by atoms with Gasteiger partial charge < -0.3 is 31.3 Å². The minimum absolute atomic E-state index is 0.00211. The maximum atomic E-state index is 14.0. The van der Waals surface area contributed by atoms with Crippen LogP contribution in [0.3, 0.4) is 0 Å². The highest BCUT2D eigenvalue weighted by Gasteiger charge is 2.45. The molecule has 4 aromatic rings. The van der Waals surface area contributed by atoms with Gasteiger partial charge in [-0.1, -0.05) is 43.6 Å². The van der Waals surface area contributed by atoms with E-state index in [4.69, 9.17) is 16.3 Å². The van der Waals surface area contributed by atoms with Crippen molar-refractivity contribution >= 4 is 52.6 Å². The molecule has 1 aromatic heterocycles. The third-order valence-electron chi connectivity index (χ3n) is 7.91. The molecule has 1 saturated carbocycles. The molecule has 52 heavy (non-hydrogen) atoms. The molecule has 274 valence electrons. The number of rotatable bonds is 13. The first kappa shape index (κ1) is 37.7. The molecule has 12 nitrogen and oxygen atoms in total. The number of aryl methyl sites for hydroxylation is 1. The van der Waals surface area contributed by atoms with E-state index in [1.807, 2.05) is 12.1 Å². The number of hydrogen-bond acceptors (Lipinski definition) is 9. The number of nitrogens with zero attached hydrogens (tertiary/aromatic N) is 3. The van der Waals surface area contributed by atoms with Crippen LogP contribution in [0.5, 0.6) is 6.01 Å². The van der Waals surface area contributed by atoms with Crippen molar-refractivity contribution in [2.24, 2.45) is 5.41 Å². The number of carbonyl (C=O) groups is 3. The number of amides is 3. The minimum atomic E-state index is -4.62. The van der Waals surface area contributed by atoms with E-state index >= 15 is 0 Å². The second-order valence-electron chi connectivity index (χ2n) is 13.1. The van der Waals surface area contributed by atoms with Gasteiger partial charge in [-0.3, -0.25) is 14.4 Å². The Hall–Kier alpha value is -5.51. The number of ether oxygens (including phenoxy) is 1. The highest BCUT2D eigenvalue weighted by atomic mass is 35.5. The number of nitrogens with one attached hydrogen (secondary N) is 5. The summed E-state index contributed by atoms with van der Waals surface area (Å²) < 4.78 is 57.6. The molecule has 3 aromatic carbocycles. The van der Waals surface area contributed by atoms with Crippen LogP contribution in [0.1, 0.15) is 48.2 Å². The second kappa shape index (κ2) is 15.4. The van der Waals surface area contributed by atoms with Gasteiger partial charge in [-0.2, -0.15) is 28.1 Å². The second-order valence-corrected chi connectivity index (χ2v) is 13.5. The molecule has 17 heteroatoms. The fourth-order valence-corrected chi connectivity index (χ4v) is 5.02. The van der Waals surface area contributed by atoms with Gasteiger partial charge in [-0.15, -0.1) is 0 Å². The topological polar surface area (TPSA) is 159 Å². The Labute approximate surface area is 301 Å². The number of alkyl halides is 3. The number of anilines is 4. The Balaban J connectivity index is 1.17. The van der Waals surface area contributed by atoms with Crippen LogP contribution in [0.25, 0.3) is 0 Å². The monoisotopic (exact) mass is 742 g/mol. The van der Waals surface area contributed by atoms with Gasteiger partial charge in [0.1, 0.15) is 5.82 Å². The molecule has 1 heterocycles. The van der Waals surface area contributed by atoms with Gasteiger partial charge in [0, 0.05) is 29.4 Å². The first-order valence-electron chi connectivity index (χ1n) is 16.0. The number of benzene rings is 3. The number of hydrogen-bond donors (Lipinski definition) is 5. The summed E-state index contributed by atoms with van der Waals surface area (Å²) in [4.78, 5) is 49.9. The first-order chi connectivity index (χ1) is 24.5. The average Bonchev–Trinajstić information content (AvgIpc) is 3.87. The Morgan fingerprint density at radius 1 is 0.865 bits per heavy atom. The van der Waals surface area contributed by atoms with E-state index < -0.39 is 53.3 Å². The normalized spacial score (nSPS) is 13.5. The van der Waals surface area contributed by atoms with Gasteiger partial charge in [-0.25, -0.2) is 4.39 Å². The van der Waals surface area contributed by atoms with Crippen molar-refractivity contribution in [1.29, 1.82) is 0 Å². The lowest BCUT2D eigenvalue weighted by atomic mass is 9.93. The van der Waals surface area contributed by atoms with Crippen molar-refractivity contribution in [2.45, 2.75) is 45.3 Å². The van der Waals surface area contributed by atoms with Crippen molar-refractivity contribution in [3.05, 3.63) is 94.3 Å². The molecular weight excluding hydrogens is 708 g/mol. The molecule has 0 radical (unpaired) electrons. The molecule has 1 aliphatic carbocycles. The molecule has 1 aliphatic rings. The molecule has 0 aliphatic heterocycles. The van der Waals surface area contributed by atoms with Crippen molar-refractivity contribution < 1.29 is 36.7 Å². The number of halogens is 5. The van der Waals surface area contributed by atoms with Crippen LogP contribution in [-0.4, -0.2) is 58.5 Å². The van der Waals surface area contributed by atoms with E-state index in [-0.39, 0.29) is 36.2 Å². The van der Waals surface area contributed by atoms with Crippen LogP contribution < -0.4 is 31.3 Å². The van der Waals surface area contributed by atoms with Crippen molar-refractivity contribution in [2.75, 3.05) is 35.6 Å². The molecule has 5 N–H and O–H groups in total. The summed E-state index contributed by atoms with van der Waals surface area (Å²) in [5.74, 6) is -3.18. The van der Waals surface area contributed by atoms with E-state index in [1.54, 1.807) is 51.1 Å².